The number of aryl methyl sites for hydroxylation is 1. The van der Waals surface area contributed by atoms with Crippen LogP contribution >= 0.6 is 0 Å². The molecule has 0 aliphatic carbocycles. The fourth-order valence-corrected chi connectivity index (χ4v) is 1.94. The highest BCUT2D eigenvalue weighted by Crippen LogP contribution is 2.28. The van der Waals surface area contributed by atoms with Gasteiger partial charge in [0.1, 0.15) is 11.3 Å². The number of hydrogen-bond acceptors (Lipinski definition) is 5. The largest absolute Gasteiger partial charge is 0.465 e. The normalized spacial score (nSPS) is 11.6. The second-order valence-corrected chi connectivity index (χ2v) is 4.22. The number of carbonyl (C=O) groups is 1. The average Bonchev–Trinajstić information content (AvgIpc) is 2.86. The Hall–Kier alpha value is -2.45. The van der Waals surface area contributed by atoms with Gasteiger partial charge in [0.15, 0.2) is 0 Å². The Morgan fingerprint density at radius 2 is 2.14 bits per heavy atom. The van der Waals surface area contributed by atoms with Crippen molar-refractivity contribution in [3.8, 4) is 0 Å². The van der Waals surface area contributed by atoms with Crippen molar-refractivity contribution in [1.29, 1.82) is 0 Å². The highest BCUT2D eigenvalue weighted by Gasteiger charge is 2.28. The van der Waals surface area contributed by atoms with Crippen LogP contribution in [-0.2, 0) is 11.2 Å². The molecule has 6 nitrogen and oxygen atoms in total. The van der Waals surface area contributed by atoms with Crippen LogP contribution in [0.5, 0.6) is 0 Å². The second-order valence-electron chi connectivity index (χ2n) is 4.22. The lowest BCUT2D eigenvalue weighted by Crippen LogP contribution is -2.11. The van der Waals surface area contributed by atoms with Crippen LogP contribution < -0.4 is 0 Å². The quantitative estimate of drug-likeness (QED) is 0.642. The Bertz CT molecular complexity index is 694. The van der Waals surface area contributed by atoms with E-state index in [0.717, 1.165) is 4.52 Å². The number of halogens is 3. The molecule has 0 radical (unpaired) electrons. The van der Waals surface area contributed by atoms with Gasteiger partial charge in [0, 0.05) is 12.8 Å². The highest BCUT2D eigenvalue weighted by molar-refractivity contribution is 5.96. The average molecular weight is 301 g/mol. The third-order valence-corrected chi connectivity index (χ3v) is 2.91. The lowest BCUT2D eigenvalue weighted by Gasteiger charge is -2.09. The Morgan fingerprint density at radius 1 is 1.43 bits per heavy atom. The molecular formula is C12H10F3N3O3. The van der Waals surface area contributed by atoms with Crippen LogP contribution in [0.25, 0.3) is 5.52 Å². The number of rotatable bonds is 4. The lowest BCUT2D eigenvalue weighted by atomic mass is 10.1. The Labute approximate surface area is 116 Å². The summed E-state index contributed by atoms with van der Waals surface area (Å²) < 4.78 is 42.7. The molecule has 0 amide bonds. The lowest BCUT2D eigenvalue weighted by molar-refractivity contribution is -0.134. The molecule has 0 atom stereocenters. The zero-order chi connectivity index (χ0) is 15.6. The van der Waals surface area contributed by atoms with Crippen LogP contribution in [0.15, 0.2) is 23.5 Å². The number of pyridine rings is 1. The fourth-order valence-electron chi connectivity index (χ4n) is 1.94. The van der Waals surface area contributed by atoms with Gasteiger partial charge >= 0.3 is 12.1 Å². The number of alkyl halides is 3. The number of nitroso groups, excluding NO2 is 1. The van der Waals surface area contributed by atoms with Crippen LogP contribution in [0.3, 0.4) is 0 Å². The minimum atomic E-state index is -4.37. The van der Waals surface area contributed by atoms with Gasteiger partial charge in [0.05, 0.1) is 24.5 Å². The van der Waals surface area contributed by atoms with Gasteiger partial charge in [-0.2, -0.15) is 18.3 Å². The molecule has 0 spiro atoms. The molecule has 0 aliphatic rings. The van der Waals surface area contributed by atoms with E-state index in [1.54, 1.807) is 0 Å². The molecule has 0 aliphatic heterocycles. The highest BCUT2D eigenvalue weighted by atomic mass is 19.4. The van der Waals surface area contributed by atoms with Gasteiger partial charge in [-0.15, -0.1) is 4.91 Å². The molecule has 0 saturated heterocycles. The van der Waals surface area contributed by atoms with Gasteiger partial charge in [-0.05, 0) is 17.3 Å². The zero-order valence-electron chi connectivity index (χ0n) is 10.8. The van der Waals surface area contributed by atoms with Crippen LogP contribution in [-0.4, -0.2) is 28.9 Å². The maximum Gasteiger partial charge on any atom is 0.389 e. The van der Waals surface area contributed by atoms with Crippen LogP contribution in [0.2, 0.25) is 0 Å². The van der Waals surface area contributed by atoms with Gasteiger partial charge in [-0.1, -0.05) is 0 Å². The Kier molecular flexibility index (Phi) is 3.92. The topological polar surface area (TPSA) is 73.0 Å². The summed E-state index contributed by atoms with van der Waals surface area (Å²) in [6.07, 6.45) is -4.79. The van der Waals surface area contributed by atoms with Crippen LogP contribution in [0.4, 0.5) is 18.9 Å². The summed E-state index contributed by atoms with van der Waals surface area (Å²) in [7, 11) is 1.18. The number of fused-ring (bicyclic) bond motifs is 1. The summed E-state index contributed by atoms with van der Waals surface area (Å²) in [6.45, 7) is 0. The van der Waals surface area contributed by atoms with Crippen molar-refractivity contribution in [3.05, 3.63) is 34.5 Å². The van der Waals surface area contributed by atoms with E-state index in [9.17, 15) is 22.9 Å². The molecule has 0 fully saturated rings. The van der Waals surface area contributed by atoms with E-state index in [0.29, 0.717) is 0 Å². The SMILES string of the molecule is COC(=O)c1cnn2c(CCC(F)(F)F)c(N=O)ccc12. The molecule has 0 aromatic carbocycles. The third-order valence-electron chi connectivity index (χ3n) is 2.91. The molecule has 0 saturated carbocycles. The maximum absolute atomic E-state index is 12.4. The van der Waals surface area contributed by atoms with Crippen molar-refractivity contribution in [2.75, 3.05) is 7.11 Å². The Morgan fingerprint density at radius 3 is 2.71 bits per heavy atom. The summed E-state index contributed by atoms with van der Waals surface area (Å²) in [5, 5.41) is 6.55. The number of methoxy groups -OCH3 is 1. The van der Waals surface area contributed by atoms with E-state index < -0.39 is 25.0 Å². The first-order valence-electron chi connectivity index (χ1n) is 5.85. The standard InChI is InChI=1S/C12H10F3N3O3/c1-21-11(19)7-6-16-18-9(7)3-2-8(17-20)10(18)4-5-12(13,14)15/h2-3,6H,4-5H2,1H3. The van der Waals surface area contributed by atoms with E-state index in [1.807, 2.05) is 0 Å². The molecule has 2 aromatic heterocycles. The second kappa shape index (κ2) is 5.51. The number of hydrogen-bond donors (Lipinski definition) is 0. The van der Waals surface area contributed by atoms with E-state index in [2.05, 4.69) is 15.0 Å². The minimum absolute atomic E-state index is 0.00465. The van der Waals surface area contributed by atoms with Crippen molar-refractivity contribution in [3.63, 3.8) is 0 Å². The fraction of sp³-hybridized carbons (Fsp3) is 0.333. The zero-order valence-corrected chi connectivity index (χ0v) is 10.8. The van der Waals surface area contributed by atoms with Gasteiger partial charge < -0.3 is 4.74 Å². The number of nitrogens with zero attached hydrogens (tertiary/aromatic N) is 3. The van der Waals surface area contributed by atoms with Crippen LogP contribution in [0, 0.1) is 4.91 Å². The first-order chi connectivity index (χ1) is 9.87. The minimum Gasteiger partial charge on any atom is -0.465 e. The number of aromatic nitrogens is 2. The monoisotopic (exact) mass is 301 g/mol. The summed E-state index contributed by atoms with van der Waals surface area (Å²) in [4.78, 5) is 22.3. The predicted molar refractivity (Wildman–Crippen MR) is 66.4 cm³/mol. The van der Waals surface area contributed by atoms with E-state index in [1.165, 1.54) is 25.4 Å². The van der Waals surface area contributed by atoms with Gasteiger partial charge in [0.2, 0.25) is 0 Å². The molecule has 21 heavy (non-hydrogen) atoms. The van der Waals surface area contributed by atoms with Crippen molar-refractivity contribution < 1.29 is 22.7 Å². The predicted octanol–water partition coefficient (Wildman–Crippen LogP) is 3.01. The molecule has 2 heterocycles. The first-order valence-corrected chi connectivity index (χ1v) is 5.85. The number of carbonyl (C=O) groups excluding carboxylic acids is 1. The molecule has 9 heteroatoms. The molecule has 0 bridgehead atoms. The number of esters is 1. The van der Waals surface area contributed by atoms with Gasteiger partial charge in [0.25, 0.3) is 0 Å². The molecule has 0 unspecified atom stereocenters. The third kappa shape index (κ3) is 3.01. The molecule has 0 N–H and O–H groups in total. The molecule has 112 valence electrons. The summed E-state index contributed by atoms with van der Waals surface area (Å²) in [5.74, 6) is -0.668. The smallest absolute Gasteiger partial charge is 0.389 e. The van der Waals surface area contributed by atoms with Gasteiger partial charge in [-0.25, -0.2) is 9.31 Å². The van der Waals surface area contributed by atoms with E-state index in [-0.39, 0.29) is 22.5 Å². The van der Waals surface area contributed by atoms with Crippen molar-refractivity contribution >= 4 is 17.2 Å². The molecule has 2 rings (SSSR count). The number of ether oxygens (including phenoxy) is 1. The summed E-state index contributed by atoms with van der Waals surface area (Å²) in [6, 6.07) is 2.63. The van der Waals surface area contributed by atoms with Crippen LogP contribution in [0.1, 0.15) is 22.5 Å². The molecule has 2 aromatic rings. The maximum atomic E-state index is 12.4. The summed E-state index contributed by atoms with van der Waals surface area (Å²) >= 11 is 0. The van der Waals surface area contributed by atoms with Gasteiger partial charge in [-0.3, -0.25) is 0 Å². The van der Waals surface area contributed by atoms with Crippen molar-refractivity contribution in [2.45, 2.75) is 19.0 Å². The Balaban J connectivity index is 2.53. The van der Waals surface area contributed by atoms with E-state index in [4.69, 9.17) is 0 Å². The first kappa shape index (κ1) is 14.9. The van der Waals surface area contributed by atoms with Crippen molar-refractivity contribution in [2.24, 2.45) is 5.18 Å². The van der Waals surface area contributed by atoms with E-state index >= 15 is 0 Å². The van der Waals surface area contributed by atoms with Crippen molar-refractivity contribution in [1.82, 2.24) is 9.61 Å². The summed E-state index contributed by atoms with van der Waals surface area (Å²) in [5.41, 5.74) is 0.205. The molecular weight excluding hydrogens is 291 g/mol.